The molecule has 1 fully saturated rings. The molecule has 2 aromatic carbocycles. The Morgan fingerprint density at radius 2 is 1.67 bits per heavy atom. The van der Waals surface area contributed by atoms with Gasteiger partial charge in [-0.1, -0.05) is 12.1 Å². The molecule has 2 N–H and O–H groups in total. The van der Waals surface area contributed by atoms with Crippen molar-refractivity contribution >= 4 is 29.9 Å². The average molecular weight is 441 g/mol. The van der Waals surface area contributed by atoms with Crippen molar-refractivity contribution in [1.82, 2.24) is 4.90 Å². The van der Waals surface area contributed by atoms with Crippen LogP contribution >= 0.6 is 24.0 Å². The molecule has 2 aromatic rings. The van der Waals surface area contributed by atoms with Crippen molar-refractivity contribution in [2.24, 2.45) is 10.7 Å². The number of guanidine groups is 1. The number of nitrogens with two attached hydrogens (primary N) is 1. The van der Waals surface area contributed by atoms with Crippen LogP contribution in [0.25, 0.3) is 0 Å². The van der Waals surface area contributed by atoms with Crippen LogP contribution in [0.15, 0.2) is 53.5 Å². The largest absolute Gasteiger partial charge is 0.457 e. The van der Waals surface area contributed by atoms with Gasteiger partial charge in [0.1, 0.15) is 17.3 Å². The van der Waals surface area contributed by atoms with Crippen molar-refractivity contribution in [3.63, 3.8) is 0 Å². The van der Waals surface area contributed by atoms with Gasteiger partial charge >= 0.3 is 0 Å². The highest BCUT2D eigenvalue weighted by Gasteiger charge is 2.27. The number of ether oxygens (including phenoxy) is 1. The van der Waals surface area contributed by atoms with E-state index in [0.29, 0.717) is 30.0 Å². The number of halogens is 2. The Labute approximate surface area is 158 Å². The van der Waals surface area contributed by atoms with Crippen LogP contribution in [0, 0.1) is 5.82 Å². The number of aliphatic imine (C=N–C) groups is 1. The van der Waals surface area contributed by atoms with Gasteiger partial charge in [-0.05, 0) is 54.8 Å². The Morgan fingerprint density at radius 1 is 1.12 bits per heavy atom. The second-order valence-electron chi connectivity index (χ2n) is 5.72. The number of hydrogen-bond donors (Lipinski definition) is 1. The molecule has 0 saturated heterocycles. The third kappa shape index (κ3) is 5.09. The van der Waals surface area contributed by atoms with Gasteiger partial charge in [0.05, 0.1) is 6.54 Å². The first kappa shape index (κ1) is 18.5. The minimum Gasteiger partial charge on any atom is -0.457 e. The number of hydrogen-bond acceptors (Lipinski definition) is 2. The molecule has 4 nitrogen and oxygen atoms in total. The predicted molar refractivity (Wildman–Crippen MR) is 104 cm³/mol. The van der Waals surface area contributed by atoms with Crippen LogP contribution in [0.2, 0.25) is 0 Å². The Kier molecular flexibility index (Phi) is 6.42. The summed E-state index contributed by atoms with van der Waals surface area (Å²) in [6.07, 6.45) is 2.39. The maximum atomic E-state index is 12.9. The van der Waals surface area contributed by atoms with E-state index in [-0.39, 0.29) is 29.8 Å². The molecular weight excluding hydrogens is 420 g/mol. The minimum absolute atomic E-state index is 0. The first-order chi connectivity index (χ1) is 11.1. The molecule has 128 valence electrons. The van der Waals surface area contributed by atoms with Gasteiger partial charge in [-0.2, -0.15) is 0 Å². The van der Waals surface area contributed by atoms with Gasteiger partial charge in [-0.15, -0.1) is 24.0 Å². The third-order valence-electron chi connectivity index (χ3n) is 3.85. The summed E-state index contributed by atoms with van der Waals surface area (Å²) in [7, 11) is 1.98. The van der Waals surface area contributed by atoms with E-state index in [2.05, 4.69) is 4.99 Å². The van der Waals surface area contributed by atoms with Crippen molar-refractivity contribution in [3.05, 3.63) is 59.9 Å². The second-order valence-corrected chi connectivity index (χ2v) is 5.72. The van der Waals surface area contributed by atoms with Crippen molar-refractivity contribution in [2.45, 2.75) is 25.4 Å². The van der Waals surface area contributed by atoms with Crippen molar-refractivity contribution in [3.8, 4) is 11.5 Å². The van der Waals surface area contributed by atoms with Gasteiger partial charge in [0, 0.05) is 13.1 Å². The zero-order chi connectivity index (χ0) is 16.2. The summed E-state index contributed by atoms with van der Waals surface area (Å²) in [6.45, 7) is 0.541. The third-order valence-corrected chi connectivity index (χ3v) is 3.85. The summed E-state index contributed by atoms with van der Waals surface area (Å²) in [5, 5.41) is 0. The SMILES string of the molecule is CN(C(N)=NCc1ccc(Oc2ccc(F)cc2)cc1)C1CC1.I. The van der Waals surface area contributed by atoms with Crippen LogP contribution in [0.3, 0.4) is 0 Å². The lowest BCUT2D eigenvalue weighted by molar-refractivity contribution is 0.480. The normalized spacial score (nSPS) is 14.0. The first-order valence-electron chi connectivity index (χ1n) is 7.67. The fraction of sp³-hybridized carbons (Fsp3) is 0.278. The summed E-state index contributed by atoms with van der Waals surface area (Å²) in [6, 6.07) is 14.1. The molecule has 6 heteroatoms. The Hall–Kier alpha value is -1.83. The molecule has 0 spiro atoms. The fourth-order valence-corrected chi connectivity index (χ4v) is 2.23. The van der Waals surface area contributed by atoms with E-state index in [9.17, 15) is 4.39 Å². The van der Waals surface area contributed by atoms with Crippen molar-refractivity contribution in [2.75, 3.05) is 7.05 Å². The van der Waals surface area contributed by atoms with E-state index in [0.717, 1.165) is 5.56 Å². The van der Waals surface area contributed by atoms with Gasteiger partial charge in [0.2, 0.25) is 0 Å². The zero-order valence-corrected chi connectivity index (χ0v) is 15.8. The zero-order valence-electron chi connectivity index (χ0n) is 13.5. The molecule has 24 heavy (non-hydrogen) atoms. The summed E-state index contributed by atoms with van der Waals surface area (Å²) in [5.41, 5.74) is 7.03. The van der Waals surface area contributed by atoms with Crippen molar-refractivity contribution < 1.29 is 9.13 Å². The summed E-state index contributed by atoms with van der Waals surface area (Å²) >= 11 is 0. The molecule has 0 bridgehead atoms. The van der Waals surface area contributed by atoms with Crippen LogP contribution < -0.4 is 10.5 Å². The fourth-order valence-electron chi connectivity index (χ4n) is 2.23. The molecule has 0 radical (unpaired) electrons. The van der Waals surface area contributed by atoms with Gasteiger partial charge in [-0.3, -0.25) is 0 Å². The van der Waals surface area contributed by atoms with E-state index >= 15 is 0 Å². The topological polar surface area (TPSA) is 50.8 Å². The second kappa shape index (κ2) is 8.32. The number of nitrogens with zero attached hydrogens (tertiary/aromatic N) is 2. The Bertz CT molecular complexity index is 684. The molecule has 0 heterocycles. The monoisotopic (exact) mass is 441 g/mol. The molecule has 0 aromatic heterocycles. The lowest BCUT2D eigenvalue weighted by atomic mass is 10.2. The predicted octanol–water partition coefficient (Wildman–Crippen LogP) is 4.14. The molecular formula is C18H21FIN3O. The van der Waals surface area contributed by atoms with Gasteiger partial charge in [-0.25, -0.2) is 9.38 Å². The van der Waals surface area contributed by atoms with Crippen LogP contribution in [-0.2, 0) is 6.54 Å². The standard InChI is InChI=1S/C18H20FN3O.HI/c1-22(15-6-7-15)18(20)21-12-13-2-8-16(9-3-13)23-17-10-4-14(19)5-11-17;/h2-5,8-11,15H,6-7,12H2,1H3,(H2,20,21);1H. The molecule has 0 amide bonds. The molecule has 3 rings (SSSR count). The van der Waals surface area contributed by atoms with Gasteiger partial charge in [0.25, 0.3) is 0 Å². The highest BCUT2D eigenvalue weighted by atomic mass is 127. The Balaban J connectivity index is 0.00000208. The van der Waals surface area contributed by atoms with E-state index in [4.69, 9.17) is 10.5 Å². The lowest BCUT2D eigenvalue weighted by Gasteiger charge is -2.16. The Morgan fingerprint density at radius 3 is 2.21 bits per heavy atom. The highest BCUT2D eigenvalue weighted by Crippen LogP contribution is 2.25. The molecule has 0 atom stereocenters. The molecule has 1 aliphatic rings. The smallest absolute Gasteiger partial charge is 0.191 e. The molecule has 1 saturated carbocycles. The molecule has 0 unspecified atom stereocenters. The average Bonchev–Trinajstić information content (AvgIpc) is 3.40. The highest BCUT2D eigenvalue weighted by molar-refractivity contribution is 14.0. The number of rotatable bonds is 5. The number of benzene rings is 2. The minimum atomic E-state index is -0.278. The first-order valence-corrected chi connectivity index (χ1v) is 7.67. The van der Waals surface area contributed by atoms with Gasteiger partial charge in [0.15, 0.2) is 5.96 Å². The molecule has 0 aliphatic heterocycles. The maximum Gasteiger partial charge on any atom is 0.191 e. The van der Waals surface area contributed by atoms with Crippen LogP contribution in [0.5, 0.6) is 11.5 Å². The van der Waals surface area contributed by atoms with E-state index in [1.807, 2.05) is 36.2 Å². The maximum absolute atomic E-state index is 12.9. The lowest BCUT2D eigenvalue weighted by Crippen LogP contribution is -2.35. The van der Waals surface area contributed by atoms with E-state index in [1.54, 1.807) is 12.1 Å². The van der Waals surface area contributed by atoms with Crippen molar-refractivity contribution in [1.29, 1.82) is 0 Å². The summed E-state index contributed by atoms with van der Waals surface area (Å²) in [5.74, 6) is 1.61. The molecule has 1 aliphatic carbocycles. The van der Waals surface area contributed by atoms with Crippen LogP contribution in [-0.4, -0.2) is 23.9 Å². The van der Waals surface area contributed by atoms with Crippen LogP contribution in [0.1, 0.15) is 18.4 Å². The summed E-state index contributed by atoms with van der Waals surface area (Å²) < 4.78 is 18.5. The van der Waals surface area contributed by atoms with Crippen LogP contribution in [0.4, 0.5) is 4.39 Å². The quantitative estimate of drug-likeness (QED) is 0.431. The van der Waals surface area contributed by atoms with Gasteiger partial charge < -0.3 is 15.4 Å². The summed E-state index contributed by atoms with van der Waals surface area (Å²) in [4.78, 5) is 6.45. The van der Waals surface area contributed by atoms with E-state index < -0.39 is 0 Å². The van der Waals surface area contributed by atoms with E-state index in [1.165, 1.54) is 25.0 Å².